The molecule has 2 heterocycles. The molecule has 0 unspecified atom stereocenters. The number of aliphatic hydroxyl groups excluding tert-OH is 1. The van der Waals surface area contributed by atoms with Crippen molar-refractivity contribution in [1.82, 2.24) is 20.5 Å². The summed E-state index contributed by atoms with van der Waals surface area (Å²) in [6.45, 7) is 0.365. The molecule has 9 heteroatoms. The summed E-state index contributed by atoms with van der Waals surface area (Å²) in [6.07, 6.45) is 0. The number of amides is 4. The topological polar surface area (TPSA) is 110 Å². The molecule has 9 nitrogen and oxygen atoms in total. The van der Waals surface area contributed by atoms with Crippen LogP contribution in [0.3, 0.4) is 0 Å². The lowest BCUT2D eigenvalue weighted by Gasteiger charge is -2.37. The van der Waals surface area contributed by atoms with E-state index in [0.29, 0.717) is 23.9 Å². The second kappa shape index (κ2) is 9.88. The average Bonchev–Trinajstić information content (AvgIpc) is 2.96. The van der Waals surface area contributed by atoms with Crippen LogP contribution in [0.4, 0.5) is 0 Å². The predicted molar refractivity (Wildman–Crippen MR) is 142 cm³/mol. The Morgan fingerprint density at radius 1 is 0.590 bits per heavy atom. The zero-order valence-electron chi connectivity index (χ0n) is 20.8. The molecule has 4 amide bonds. The first-order chi connectivity index (χ1) is 19.0. The van der Waals surface area contributed by atoms with Gasteiger partial charge in [-0.05, 0) is 35.4 Å². The predicted octanol–water partition coefficient (Wildman–Crippen LogP) is 3.15. The fourth-order valence-corrected chi connectivity index (χ4v) is 5.21. The number of benzene rings is 4. The molecule has 0 saturated carbocycles. The summed E-state index contributed by atoms with van der Waals surface area (Å²) in [6, 6.07) is 25.3. The maximum atomic E-state index is 14.0. The number of nitrogens with zero attached hydrogens (tertiary/aromatic N) is 3. The fourth-order valence-electron chi connectivity index (χ4n) is 5.21. The van der Waals surface area contributed by atoms with Crippen LogP contribution in [0.1, 0.15) is 52.6 Å². The lowest BCUT2D eigenvalue weighted by atomic mass is 9.86. The Labute approximate surface area is 223 Å². The van der Waals surface area contributed by atoms with Crippen molar-refractivity contribution in [2.24, 2.45) is 0 Å². The van der Waals surface area contributed by atoms with Crippen molar-refractivity contribution in [2.45, 2.75) is 13.1 Å². The van der Waals surface area contributed by atoms with E-state index in [-0.39, 0.29) is 35.4 Å². The molecule has 0 atom stereocenters. The Hall–Kier alpha value is -4.70. The number of hydrazine groups is 2. The van der Waals surface area contributed by atoms with Crippen LogP contribution in [0.5, 0.6) is 0 Å². The zero-order valence-corrected chi connectivity index (χ0v) is 20.8. The van der Waals surface area contributed by atoms with Gasteiger partial charge in [0.15, 0.2) is 0 Å². The standard InChI is InChI=1S/C30H24N4O5/c35-16-15-31-33-27(36)21-11-13-23-26-24(14-12-22(25(21)26)28(33)37)30(39)34(29(23)38)32(17-19-7-3-1-4-8-19)18-20-9-5-2-6-10-20/h1-14,31,35H,15-18H2. The van der Waals surface area contributed by atoms with Crippen molar-refractivity contribution in [3.8, 4) is 0 Å². The second-order valence-electron chi connectivity index (χ2n) is 9.36. The van der Waals surface area contributed by atoms with Crippen LogP contribution < -0.4 is 5.43 Å². The SMILES string of the molecule is O=C1c2ccc3c4c(ccc(c24)C(=O)N1NCCO)C(=O)N(N(Cc1ccccc1)Cc1ccccc1)C3=O. The van der Waals surface area contributed by atoms with E-state index in [2.05, 4.69) is 5.43 Å². The Bertz CT molecular complexity index is 1530. The molecule has 4 aromatic rings. The van der Waals surface area contributed by atoms with E-state index >= 15 is 0 Å². The minimum Gasteiger partial charge on any atom is -0.395 e. The molecule has 0 aromatic heterocycles. The lowest BCUT2D eigenvalue weighted by molar-refractivity contribution is -0.0120. The highest BCUT2D eigenvalue weighted by atomic mass is 16.3. The highest BCUT2D eigenvalue weighted by Crippen LogP contribution is 2.38. The van der Waals surface area contributed by atoms with Crippen LogP contribution in [0.15, 0.2) is 84.9 Å². The zero-order chi connectivity index (χ0) is 27.1. The number of carbonyl (C=O) groups excluding carboxylic acids is 4. The van der Waals surface area contributed by atoms with E-state index in [1.165, 1.54) is 29.3 Å². The second-order valence-corrected chi connectivity index (χ2v) is 9.36. The summed E-state index contributed by atoms with van der Waals surface area (Å²) in [7, 11) is 0. The monoisotopic (exact) mass is 520 g/mol. The van der Waals surface area contributed by atoms with E-state index in [4.69, 9.17) is 5.11 Å². The first kappa shape index (κ1) is 24.6. The quantitative estimate of drug-likeness (QED) is 0.344. The van der Waals surface area contributed by atoms with Crippen LogP contribution in [0, 0.1) is 0 Å². The lowest BCUT2D eigenvalue weighted by Crippen LogP contribution is -2.52. The molecule has 2 aliphatic heterocycles. The molecule has 0 bridgehead atoms. The van der Waals surface area contributed by atoms with Crippen molar-refractivity contribution in [3.63, 3.8) is 0 Å². The summed E-state index contributed by atoms with van der Waals surface area (Å²) in [5.74, 6) is -2.27. The third-order valence-electron chi connectivity index (χ3n) is 6.95. The van der Waals surface area contributed by atoms with Gasteiger partial charge in [-0.15, -0.1) is 0 Å². The molecule has 2 N–H and O–H groups in total. The summed E-state index contributed by atoms with van der Waals surface area (Å²) < 4.78 is 0. The third-order valence-corrected chi connectivity index (χ3v) is 6.95. The molecule has 0 fully saturated rings. The van der Waals surface area contributed by atoms with Gasteiger partial charge in [0.05, 0.1) is 28.9 Å². The number of carbonyl (C=O) groups is 4. The van der Waals surface area contributed by atoms with Gasteiger partial charge in [0.2, 0.25) is 0 Å². The number of imide groups is 2. The number of hydrogen-bond acceptors (Lipinski definition) is 7. The van der Waals surface area contributed by atoms with Crippen molar-refractivity contribution < 1.29 is 24.3 Å². The molecule has 0 spiro atoms. The minimum atomic E-state index is -0.609. The van der Waals surface area contributed by atoms with Gasteiger partial charge in [0.1, 0.15) is 0 Å². The van der Waals surface area contributed by atoms with Crippen molar-refractivity contribution in [3.05, 3.63) is 118 Å². The molecule has 0 radical (unpaired) electrons. The first-order valence-electron chi connectivity index (χ1n) is 12.5. The van der Waals surface area contributed by atoms with Crippen molar-refractivity contribution in [1.29, 1.82) is 0 Å². The number of hydrogen-bond donors (Lipinski definition) is 2. The average molecular weight is 521 g/mol. The van der Waals surface area contributed by atoms with Crippen LogP contribution in [0.25, 0.3) is 10.8 Å². The molecule has 0 saturated heterocycles. The van der Waals surface area contributed by atoms with E-state index in [9.17, 15) is 19.2 Å². The first-order valence-corrected chi connectivity index (χ1v) is 12.5. The van der Waals surface area contributed by atoms with Gasteiger partial charge in [-0.2, -0.15) is 0 Å². The van der Waals surface area contributed by atoms with Gasteiger partial charge in [-0.3, -0.25) is 19.2 Å². The Balaban J connectivity index is 1.45. The fraction of sp³-hybridized carbons (Fsp3) is 0.133. The van der Waals surface area contributed by atoms with E-state index in [1.54, 1.807) is 5.01 Å². The molecule has 0 aliphatic carbocycles. The van der Waals surface area contributed by atoms with E-state index < -0.39 is 23.6 Å². The van der Waals surface area contributed by atoms with Crippen molar-refractivity contribution in [2.75, 3.05) is 13.2 Å². The van der Waals surface area contributed by atoms with Gasteiger partial charge >= 0.3 is 0 Å². The van der Waals surface area contributed by atoms with Crippen LogP contribution >= 0.6 is 0 Å². The van der Waals surface area contributed by atoms with Gasteiger partial charge in [0.25, 0.3) is 23.6 Å². The molecule has 4 aromatic carbocycles. The Morgan fingerprint density at radius 3 is 1.41 bits per heavy atom. The number of nitrogens with one attached hydrogen (secondary N) is 1. The smallest absolute Gasteiger partial charge is 0.276 e. The molecule has 6 rings (SSSR count). The summed E-state index contributed by atoms with van der Waals surface area (Å²) >= 11 is 0. The summed E-state index contributed by atoms with van der Waals surface area (Å²) in [5.41, 5.74) is 5.38. The minimum absolute atomic E-state index is 0.0106. The van der Waals surface area contributed by atoms with E-state index in [1.807, 2.05) is 60.7 Å². The molecule has 194 valence electrons. The maximum Gasteiger partial charge on any atom is 0.276 e. The largest absolute Gasteiger partial charge is 0.395 e. The van der Waals surface area contributed by atoms with Crippen LogP contribution in [-0.4, -0.2) is 56.9 Å². The van der Waals surface area contributed by atoms with E-state index in [0.717, 1.165) is 16.1 Å². The van der Waals surface area contributed by atoms with Crippen LogP contribution in [-0.2, 0) is 13.1 Å². The highest BCUT2D eigenvalue weighted by molar-refractivity contribution is 6.33. The maximum absolute atomic E-state index is 14.0. The van der Waals surface area contributed by atoms with Gasteiger partial charge in [0, 0.05) is 30.4 Å². The number of aliphatic hydroxyl groups is 1. The molecular formula is C30H24N4O5. The van der Waals surface area contributed by atoms with Gasteiger partial charge in [-0.1, -0.05) is 60.7 Å². The Morgan fingerprint density at radius 2 is 1.00 bits per heavy atom. The summed E-state index contributed by atoms with van der Waals surface area (Å²) in [4.78, 5) is 54.3. The number of rotatable bonds is 8. The normalized spacial score (nSPS) is 14.6. The van der Waals surface area contributed by atoms with Gasteiger partial charge < -0.3 is 5.11 Å². The van der Waals surface area contributed by atoms with Crippen LogP contribution in [0.2, 0.25) is 0 Å². The highest BCUT2D eigenvalue weighted by Gasteiger charge is 2.41. The molecule has 39 heavy (non-hydrogen) atoms. The molecular weight excluding hydrogens is 496 g/mol. The van der Waals surface area contributed by atoms with Crippen molar-refractivity contribution >= 4 is 34.4 Å². The summed E-state index contributed by atoms with van der Waals surface area (Å²) in [5, 5.41) is 13.5. The van der Waals surface area contributed by atoms with Gasteiger partial charge in [-0.25, -0.2) is 20.5 Å². The Kier molecular flexibility index (Phi) is 6.24. The molecule has 2 aliphatic rings. The third kappa shape index (κ3) is 4.09.